The van der Waals surface area contributed by atoms with Gasteiger partial charge in [0.05, 0.1) is 17.7 Å². The van der Waals surface area contributed by atoms with Crippen LogP contribution in [0.4, 0.5) is 0 Å². The van der Waals surface area contributed by atoms with E-state index in [1.165, 1.54) is 18.2 Å². The summed E-state index contributed by atoms with van der Waals surface area (Å²) < 4.78 is 11.4. The molecule has 0 radical (unpaired) electrons. The number of fused-ring (bicyclic) bond motifs is 1. The zero-order valence-electron chi connectivity index (χ0n) is 13.8. The topological polar surface area (TPSA) is 72.8 Å². The fraction of sp³-hybridized carbons (Fsp3) is 0.200. The molecule has 2 aromatic carbocycles. The van der Waals surface area contributed by atoms with Crippen LogP contribution in [0.15, 0.2) is 48.2 Å². The number of para-hydroxylation sites is 1. The molecule has 1 heterocycles. The molecule has 0 aromatic heterocycles. The van der Waals surface area contributed by atoms with Gasteiger partial charge in [-0.1, -0.05) is 31.5 Å². The second-order valence-electron chi connectivity index (χ2n) is 5.70. The van der Waals surface area contributed by atoms with E-state index in [0.29, 0.717) is 18.1 Å². The summed E-state index contributed by atoms with van der Waals surface area (Å²) in [4.78, 5) is 23.6. The molecule has 0 saturated carbocycles. The Hall–Kier alpha value is -3.08. The number of ether oxygens (including phenoxy) is 2. The van der Waals surface area contributed by atoms with E-state index < -0.39 is 5.97 Å². The van der Waals surface area contributed by atoms with Crippen molar-refractivity contribution in [2.24, 2.45) is 0 Å². The van der Waals surface area contributed by atoms with Crippen LogP contribution in [0, 0.1) is 0 Å². The van der Waals surface area contributed by atoms with E-state index in [4.69, 9.17) is 14.6 Å². The van der Waals surface area contributed by atoms with Gasteiger partial charge in [-0.15, -0.1) is 0 Å². The molecule has 0 aliphatic carbocycles. The SMILES string of the molecule is CCCCOc1ccccc1C=C1Oc2ccc(C(=O)O)cc2C1=O. The summed E-state index contributed by atoms with van der Waals surface area (Å²) >= 11 is 0. The Kier molecular flexibility index (Phi) is 4.84. The number of carbonyl (C=O) groups excluding carboxylic acids is 1. The molecule has 0 saturated heterocycles. The van der Waals surface area contributed by atoms with E-state index in [0.717, 1.165) is 18.4 Å². The number of aromatic carboxylic acids is 1. The lowest BCUT2D eigenvalue weighted by molar-refractivity contribution is 0.0697. The average molecular weight is 338 g/mol. The van der Waals surface area contributed by atoms with E-state index in [2.05, 4.69) is 6.92 Å². The Balaban J connectivity index is 1.88. The number of unbranched alkanes of at least 4 members (excludes halogenated alkanes) is 1. The molecule has 5 nitrogen and oxygen atoms in total. The van der Waals surface area contributed by atoms with Crippen LogP contribution in [0.2, 0.25) is 0 Å². The molecule has 0 bridgehead atoms. The fourth-order valence-corrected chi connectivity index (χ4v) is 2.52. The first-order chi connectivity index (χ1) is 12.1. The third kappa shape index (κ3) is 3.55. The van der Waals surface area contributed by atoms with Gasteiger partial charge in [-0.3, -0.25) is 4.79 Å². The molecule has 0 amide bonds. The van der Waals surface area contributed by atoms with Gasteiger partial charge in [0.25, 0.3) is 0 Å². The van der Waals surface area contributed by atoms with Gasteiger partial charge >= 0.3 is 5.97 Å². The highest BCUT2D eigenvalue weighted by Gasteiger charge is 2.28. The molecule has 1 aliphatic heterocycles. The molecule has 0 spiro atoms. The zero-order valence-corrected chi connectivity index (χ0v) is 13.8. The normalized spacial score (nSPS) is 14.3. The third-order valence-electron chi connectivity index (χ3n) is 3.88. The number of hydrogen-bond donors (Lipinski definition) is 1. The molecule has 3 rings (SSSR count). The van der Waals surface area contributed by atoms with Gasteiger partial charge in [-0.2, -0.15) is 0 Å². The number of carbonyl (C=O) groups is 2. The van der Waals surface area contributed by atoms with Crippen molar-refractivity contribution in [1.29, 1.82) is 0 Å². The summed E-state index contributed by atoms with van der Waals surface area (Å²) in [6, 6.07) is 11.7. The van der Waals surface area contributed by atoms with Gasteiger partial charge in [0.15, 0.2) is 5.76 Å². The number of rotatable bonds is 6. The number of hydrogen-bond acceptors (Lipinski definition) is 4. The Morgan fingerprint density at radius 3 is 2.80 bits per heavy atom. The maximum absolute atomic E-state index is 12.5. The average Bonchev–Trinajstić information content (AvgIpc) is 2.92. The quantitative estimate of drug-likeness (QED) is 0.632. The van der Waals surface area contributed by atoms with E-state index in [-0.39, 0.29) is 22.7 Å². The summed E-state index contributed by atoms with van der Waals surface area (Å²) in [6.45, 7) is 2.69. The lowest BCUT2D eigenvalue weighted by atomic mass is 10.1. The Morgan fingerprint density at radius 1 is 1.24 bits per heavy atom. The number of benzene rings is 2. The van der Waals surface area contributed by atoms with Gasteiger partial charge in [0.1, 0.15) is 11.5 Å². The van der Waals surface area contributed by atoms with Crippen LogP contribution in [0.1, 0.15) is 46.0 Å². The van der Waals surface area contributed by atoms with E-state index in [1.807, 2.05) is 24.3 Å². The highest BCUT2D eigenvalue weighted by atomic mass is 16.5. The number of carboxylic acids is 1. The molecular weight excluding hydrogens is 320 g/mol. The van der Waals surface area contributed by atoms with Crippen LogP contribution < -0.4 is 9.47 Å². The minimum absolute atomic E-state index is 0.0558. The van der Waals surface area contributed by atoms with Crippen LogP contribution in [-0.2, 0) is 0 Å². The van der Waals surface area contributed by atoms with Crippen molar-refractivity contribution in [2.45, 2.75) is 19.8 Å². The molecule has 2 aromatic rings. The maximum atomic E-state index is 12.5. The molecule has 128 valence electrons. The van der Waals surface area contributed by atoms with Crippen LogP contribution >= 0.6 is 0 Å². The van der Waals surface area contributed by atoms with E-state index >= 15 is 0 Å². The van der Waals surface area contributed by atoms with Crippen LogP contribution in [0.25, 0.3) is 6.08 Å². The summed E-state index contributed by atoms with van der Waals surface area (Å²) in [7, 11) is 0. The van der Waals surface area contributed by atoms with Gasteiger partial charge in [-0.25, -0.2) is 4.79 Å². The van der Waals surface area contributed by atoms with Crippen LogP contribution in [-0.4, -0.2) is 23.5 Å². The van der Waals surface area contributed by atoms with Crippen LogP contribution in [0.3, 0.4) is 0 Å². The Morgan fingerprint density at radius 2 is 2.04 bits per heavy atom. The molecule has 1 aliphatic rings. The van der Waals surface area contributed by atoms with Crippen molar-refractivity contribution in [1.82, 2.24) is 0 Å². The summed E-state index contributed by atoms with van der Waals surface area (Å²) in [5, 5.41) is 9.06. The third-order valence-corrected chi connectivity index (χ3v) is 3.88. The zero-order chi connectivity index (χ0) is 17.8. The summed E-state index contributed by atoms with van der Waals surface area (Å²) in [6.07, 6.45) is 3.61. The van der Waals surface area contributed by atoms with E-state index in [1.54, 1.807) is 6.08 Å². The minimum Gasteiger partial charge on any atom is -0.493 e. The number of allylic oxidation sites excluding steroid dienone is 1. The molecule has 25 heavy (non-hydrogen) atoms. The predicted molar refractivity (Wildman–Crippen MR) is 93.2 cm³/mol. The van der Waals surface area contributed by atoms with Crippen molar-refractivity contribution in [3.63, 3.8) is 0 Å². The first-order valence-corrected chi connectivity index (χ1v) is 8.13. The first-order valence-electron chi connectivity index (χ1n) is 8.13. The monoisotopic (exact) mass is 338 g/mol. The molecule has 0 unspecified atom stereocenters. The molecule has 1 N–H and O–H groups in total. The lowest BCUT2D eigenvalue weighted by Crippen LogP contribution is -2.01. The van der Waals surface area contributed by atoms with Gasteiger partial charge in [-0.05, 0) is 36.8 Å². The maximum Gasteiger partial charge on any atom is 0.335 e. The molecule has 0 atom stereocenters. The second-order valence-corrected chi connectivity index (χ2v) is 5.70. The minimum atomic E-state index is -1.08. The highest BCUT2D eigenvalue weighted by Crippen LogP contribution is 2.33. The predicted octanol–water partition coefficient (Wildman–Crippen LogP) is 4.18. The summed E-state index contributed by atoms with van der Waals surface area (Å²) in [5.74, 6) is -0.207. The van der Waals surface area contributed by atoms with E-state index in [9.17, 15) is 9.59 Å². The largest absolute Gasteiger partial charge is 0.493 e. The number of ketones is 1. The van der Waals surface area contributed by atoms with Crippen molar-refractivity contribution in [3.8, 4) is 11.5 Å². The van der Waals surface area contributed by atoms with Gasteiger partial charge in [0.2, 0.25) is 5.78 Å². The van der Waals surface area contributed by atoms with Crippen molar-refractivity contribution >= 4 is 17.8 Å². The number of carboxylic acid groups (broad SMARTS) is 1. The molecular formula is C20H18O5. The lowest BCUT2D eigenvalue weighted by Gasteiger charge is -2.08. The van der Waals surface area contributed by atoms with Gasteiger partial charge < -0.3 is 14.6 Å². The standard InChI is InChI=1S/C20H18O5/c1-2-3-10-24-16-7-5-4-6-13(16)12-18-19(21)15-11-14(20(22)23)8-9-17(15)25-18/h4-9,11-12H,2-3,10H2,1H3,(H,22,23). The van der Waals surface area contributed by atoms with Crippen molar-refractivity contribution in [2.75, 3.05) is 6.61 Å². The number of Topliss-reactive ketones (excluding diaryl/α,β-unsaturated/α-hetero) is 1. The van der Waals surface area contributed by atoms with Crippen LogP contribution in [0.5, 0.6) is 11.5 Å². The second kappa shape index (κ2) is 7.21. The highest BCUT2D eigenvalue weighted by molar-refractivity contribution is 6.15. The van der Waals surface area contributed by atoms with Crippen molar-refractivity contribution < 1.29 is 24.2 Å². The van der Waals surface area contributed by atoms with Gasteiger partial charge in [0, 0.05) is 5.56 Å². The fourth-order valence-electron chi connectivity index (χ4n) is 2.52. The Labute approximate surface area is 145 Å². The Bertz CT molecular complexity index is 851. The van der Waals surface area contributed by atoms with Crippen molar-refractivity contribution in [3.05, 3.63) is 64.9 Å². The molecule has 0 fully saturated rings. The first kappa shape index (κ1) is 16.8. The molecule has 5 heteroatoms. The summed E-state index contributed by atoms with van der Waals surface area (Å²) in [5.41, 5.74) is 1.06. The smallest absolute Gasteiger partial charge is 0.335 e.